The molecular formula is C16H27N3O3. The standard InChI is InChI=1S/C16H27N3O3/c1-11-9-18-14(21-11)10-17-12-6-5-7-13(8-12)19-15(20)22-16(2,3)4/h9,12-13,17H,5-8,10H2,1-4H3,(H,19,20). The molecular weight excluding hydrogens is 282 g/mol. The Kier molecular flexibility index (Phi) is 5.45. The third kappa shape index (κ3) is 5.67. The Morgan fingerprint density at radius 1 is 1.41 bits per heavy atom. The van der Waals surface area contributed by atoms with Crippen molar-refractivity contribution in [2.45, 2.75) is 77.6 Å². The number of alkyl carbamates (subject to hydrolysis) is 1. The van der Waals surface area contributed by atoms with Gasteiger partial charge < -0.3 is 19.8 Å². The smallest absolute Gasteiger partial charge is 0.407 e. The van der Waals surface area contributed by atoms with E-state index in [4.69, 9.17) is 9.15 Å². The van der Waals surface area contributed by atoms with Crippen molar-refractivity contribution in [2.24, 2.45) is 0 Å². The van der Waals surface area contributed by atoms with Gasteiger partial charge in [-0.25, -0.2) is 9.78 Å². The van der Waals surface area contributed by atoms with Gasteiger partial charge in [-0.15, -0.1) is 0 Å². The lowest BCUT2D eigenvalue weighted by atomic mass is 9.91. The van der Waals surface area contributed by atoms with Crippen LogP contribution in [0.2, 0.25) is 0 Å². The Hall–Kier alpha value is -1.56. The molecule has 1 aliphatic rings. The van der Waals surface area contributed by atoms with E-state index in [-0.39, 0.29) is 12.1 Å². The molecule has 124 valence electrons. The van der Waals surface area contributed by atoms with E-state index < -0.39 is 5.60 Å². The fraction of sp³-hybridized carbons (Fsp3) is 0.750. The summed E-state index contributed by atoms with van der Waals surface area (Å²) in [4.78, 5) is 16.0. The van der Waals surface area contributed by atoms with Crippen molar-refractivity contribution in [3.8, 4) is 0 Å². The lowest BCUT2D eigenvalue weighted by Gasteiger charge is -2.31. The monoisotopic (exact) mass is 309 g/mol. The topological polar surface area (TPSA) is 76.4 Å². The molecule has 6 heteroatoms. The molecule has 2 N–H and O–H groups in total. The third-order valence-corrected chi connectivity index (χ3v) is 3.61. The van der Waals surface area contributed by atoms with Crippen LogP contribution in [0, 0.1) is 6.92 Å². The lowest BCUT2D eigenvalue weighted by Crippen LogP contribution is -2.45. The third-order valence-electron chi connectivity index (χ3n) is 3.61. The molecule has 0 spiro atoms. The second kappa shape index (κ2) is 7.13. The van der Waals surface area contributed by atoms with Gasteiger partial charge >= 0.3 is 6.09 Å². The van der Waals surface area contributed by atoms with E-state index in [1.165, 1.54) is 0 Å². The molecule has 22 heavy (non-hydrogen) atoms. The summed E-state index contributed by atoms with van der Waals surface area (Å²) in [5.74, 6) is 1.53. The Balaban J connectivity index is 1.75. The van der Waals surface area contributed by atoms with Crippen molar-refractivity contribution < 1.29 is 13.9 Å². The summed E-state index contributed by atoms with van der Waals surface area (Å²) in [7, 11) is 0. The molecule has 0 aromatic carbocycles. The quantitative estimate of drug-likeness (QED) is 0.894. The number of rotatable bonds is 4. The highest BCUT2D eigenvalue weighted by Crippen LogP contribution is 2.20. The summed E-state index contributed by atoms with van der Waals surface area (Å²) >= 11 is 0. The first-order chi connectivity index (χ1) is 10.3. The van der Waals surface area contributed by atoms with Gasteiger partial charge in [-0.1, -0.05) is 0 Å². The molecule has 2 atom stereocenters. The minimum absolute atomic E-state index is 0.160. The Morgan fingerprint density at radius 3 is 2.77 bits per heavy atom. The first kappa shape index (κ1) is 16.8. The molecule has 6 nitrogen and oxygen atoms in total. The van der Waals surface area contributed by atoms with Crippen LogP contribution >= 0.6 is 0 Å². The number of oxazole rings is 1. The van der Waals surface area contributed by atoms with E-state index in [1.807, 2.05) is 27.7 Å². The summed E-state index contributed by atoms with van der Waals surface area (Å²) in [6.45, 7) is 8.12. The first-order valence-corrected chi connectivity index (χ1v) is 7.96. The van der Waals surface area contributed by atoms with Crippen LogP contribution in [0.3, 0.4) is 0 Å². The Bertz CT molecular complexity index is 493. The van der Waals surface area contributed by atoms with Crippen LogP contribution in [0.5, 0.6) is 0 Å². The highest BCUT2D eigenvalue weighted by atomic mass is 16.6. The molecule has 0 bridgehead atoms. The Morgan fingerprint density at radius 2 is 2.14 bits per heavy atom. The normalized spacial score (nSPS) is 22.4. The van der Waals surface area contributed by atoms with E-state index in [9.17, 15) is 4.79 Å². The van der Waals surface area contributed by atoms with Crippen LogP contribution in [0.4, 0.5) is 4.79 Å². The fourth-order valence-corrected chi connectivity index (χ4v) is 2.70. The van der Waals surface area contributed by atoms with Crippen LogP contribution in [0.15, 0.2) is 10.6 Å². The fourth-order valence-electron chi connectivity index (χ4n) is 2.70. The van der Waals surface area contributed by atoms with Crippen LogP contribution in [-0.4, -0.2) is 28.8 Å². The summed E-state index contributed by atoms with van der Waals surface area (Å²) in [5.41, 5.74) is -0.459. The van der Waals surface area contributed by atoms with Crippen molar-refractivity contribution in [3.63, 3.8) is 0 Å². The van der Waals surface area contributed by atoms with E-state index in [0.717, 1.165) is 31.4 Å². The number of nitrogens with zero attached hydrogens (tertiary/aromatic N) is 1. The molecule has 2 rings (SSSR count). The molecule has 1 aromatic heterocycles. The average molecular weight is 309 g/mol. The maximum absolute atomic E-state index is 11.8. The number of amides is 1. The minimum Gasteiger partial charge on any atom is -0.445 e. The van der Waals surface area contributed by atoms with Gasteiger partial charge in [0.1, 0.15) is 11.4 Å². The minimum atomic E-state index is -0.459. The molecule has 1 saturated carbocycles. The van der Waals surface area contributed by atoms with Crippen LogP contribution in [-0.2, 0) is 11.3 Å². The van der Waals surface area contributed by atoms with Crippen molar-refractivity contribution in [1.29, 1.82) is 0 Å². The molecule has 1 aromatic rings. The van der Waals surface area contributed by atoms with E-state index in [2.05, 4.69) is 15.6 Å². The van der Waals surface area contributed by atoms with E-state index >= 15 is 0 Å². The molecule has 1 fully saturated rings. The first-order valence-electron chi connectivity index (χ1n) is 7.96. The number of nitrogens with one attached hydrogen (secondary N) is 2. The van der Waals surface area contributed by atoms with E-state index in [1.54, 1.807) is 6.20 Å². The molecule has 0 aliphatic heterocycles. The number of aromatic nitrogens is 1. The highest BCUT2D eigenvalue weighted by Gasteiger charge is 2.25. The number of hydrogen-bond donors (Lipinski definition) is 2. The number of carbonyl (C=O) groups excluding carboxylic acids is 1. The zero-order valence-electron chi connectivity index (χ0n) is 13.9. The number of carbonyl (C=O) groups is 1. The van der Waals surface area contributed by atoms with Crippen LogP contribution < -0.4 is 10.6 Å². The van der Waals surface area contributed by atoms with Gasteiger partial charge in [0.15, 0.2) is 0 Å². The van der Waals surface area contributed by atoms with Crippen molar-refractivity contribution in [3.05, 3.63) is 17.8 Å². The summed E-state index contributed by atoms with van der Waals surface area (Å²) in [6.07, 6.45) is 5.48. The van der Waals surface area contributed by atoms with Gasteiger partial charge in [0, 0.05) is 12.1 Å². The lowest BCUT2D eigenvalue weighted by molar-refractivity contribution is 0.0488. The van der Waals surface area contributed by atoms with Crippen LogP contribution in [0.1, 0.15) is 58.1 Å². The largest absolute Gasteiger partial charge is 0.445 e. The summed E-state index contributed by atoms with van der Waals surface area (Å²) in [6, 6.07) is 0.522. The summed E-state index contributed by atoms with van der Waals surface area (Å²) in [5, 5.41) is 6.42. The second-order valence-corrected chi connectivity index (χ2v) is 6.95. The summed E-state index contributed by atoms with van der Waals surface area (Å²) < 4.78 is 10.8. The molecule has 2 unspecified atom stereocenters. The average Bonchev–Trinajstić information content (AvgIpc) is 2.80. The number of aryl methyl sites for hydroxylation is 1. The van der Waals surface area contributed by atoms with Gasteiger partial charge in [-0.05, 0) is 53.4 Å². The van der Waals surface area contributed by atoms with Gasteiger partial charge in [0.2, 0.25) is 5.89 Å². The zero-order valence-corrected chi connectivity index (χ0v) is 13.9. The second-order valence-electron chi connectivity index (χ2n) is 6.95. The van der Waals surface area contributed by atoms with Gasteiger partial charge in [0.25, 0.3) is 0 Å². The van der Waals surface area contributed by atoms with Crippen molar-refractivity contribution >= 4 is 6.09 Å². The van der Waals surface area contributed by atoms with Crippen molar-refractivity contribution in [2.75, 3.05) is 0 Å². The predicted molar refractivity (Wildman–Crippen MR) is 83.5 cm³/mol. The molecule has 0 saturated heterocycles. The van der Waals surface area contributed by atoms with Gasteiger partial charge in [-0.3, -0.25) is 0 Å². The zero-order chi connectivity index (χ0) is 16.2. The predicted octanol–water partition coefficient (Wildman–Crippen LogP) is 2.91. The molecule has 0 radical (unpaired) electrons. The molecule has 1 heterocycles. The number of hydrogen-bond acceptors (Lipinski definition) is 5. The molecule has 1 amide bonds. The number of ether oxygens (including phenoxy) is 1. The van der Waals surface area contributed by atoms with Gasteiger partial charge in [-0.2, -0.15) is 0 Å². The maximum Gasteiger partial charge on any atom is 0.407 e. The van der Waals surface area contributed by atoms with Gasteiger partial charge in [0.05, 0.1) is 12.7 Å². The SMILES string of the molecule is Cc1cnc(CNC2CCCC(NC(=O)OC(C)(C)C)C2)o1. The maximum atomic E-state index is 11.8. The highest BCUT2D eigenvalue weighted by molar-refractivity contribution is 5.68. The van der Waals surface area contributed by atoms with Crippen LogP contribution in [0.25, 0.3) is 0 Å². The van der Waals surface area contributed by atoms with Crippen molar-refractivity contribution in [1.82, 2.24) is 15.6 Å². The molecule has 1 aliphatic carbocycles. The Labute approximate surface area is 132 Å². The van der Waals surface area contributed by atoms with E-state index in [0.29, 0.717) is 18.5 Å².